The van der Waals surface area contributed by atoms with Crippen LogP contribution in [0.1, 0.15) is 40.5 Å². The summed E-state index contributed by atoms with van der Waals surface area (Å²) in [4.78, 5) is 25.2. The number of likely N-dealkylation sites (N-methyl/N-ethyl adjacent to an activating group) is 1. The Hall–Kier alpha value is -1.14. The first kappa shape index (κ1) is 15.9. The van der Waals surface area contributed by atoms with Crippen LogP contribution in [0.25, 0.3) is 0 Å². The number of rotatable bonds is 2. The second kappa shape index (κ2) is 6.34. The maximum absolute atomic E-state index is 11.9. The van der Waals surface area contributed by atoms with E-state index in [9.17, 15) is 14.7 Å². The number of aliphatic hydroxyl groups is 1. The second-order valence-corrected chi connectivity index (χ2v) is 5.72. The summed E-state index contributed by atoms with van der Waals surface area (Å²) in [6.45, 7) is 8.04. The Bertz CT molecular complexity index is 336. The van der Waals surface area contributed by atoms with Crippen molar-refractivity contribution in [2.24, 2.45) is 0 Å². The summed E-state index contributed by atoms with van der Waals surface area (Å²) in [5.74, 6) is -0.608. The molecule has 6 nitrogen and oxygen atoms in total. The molecule has 0 aromatic rings. The van der Waals surface area contributed by atoms with Crippen molar-refractivity contribution in [2.75, 3.05) is 13.1 Å². The number of likely N-dealkylation sites (tertiary alicyclic amines) is 1. The predicted molar refractivity (Wildman–Crippen MR) is 68.6 cm³/mol. The first-order valence-electron chi connectivity index (χ1n) is 6.59. The van der Waals surface area contributed by atoms with Crippen LogP contribution in [0.2, 0.25) is 0 Å². The molecule has 0 aliphatic carbocycles. The number of aliphatic hydroxyl groups excluding tert-OH is 1. The number of carbonyl (C=O) groups excluding carboxylic acids is 2. The Balaban J connectivity index is 2.55. The monoisotopic (exact) mass is 273 g/mol. The fraction of sp³-hybridized carbons (Fsp3) is 0.846. The summed E-state index contributed by atoms with van der Waals surface area (Å²) < 4.78 is 9.65. The van der Waals surface area contributed by atoms with Crippen LogP contribution in [0.3, 0.4) is 0 Å². The van der Waals surface area contributed by atoms with Crippen LogP contribution >= 0.6 is 0 Å². The average molecular weight is 273 g/mol. The molecule has 0 radical (unpaired) electrons. The van der Waals surface area contributed by atoms with Gasteiger partial charge in [-0.25, -0.2) is 9.59 Å². The topological polar surface area (TPSA) is 76.1 Å². The Morgan fingerprint density at radius 2 is 1.95 bits per heavy atom. The number of carbonyl (C=O) groups is 2. The van der Waals surface area contributed by atoms with Gasteiger partial charge in [0.2, 0.25) is 0 Å². The summed E-state index contributed by atoms with van der Waals surface area (Å²) in [5.41, 5.74) is -0.690. The maximum Gasteiger partial charge on any atom is 0.516 e. The second-order valence-electron chi connectivity index (χ2n) is 5.72. The van der Waals surface area contributed by atoms with E-state index in [1.54, 1.807) is 25.7 Å². The molecular formula is C13H23NO5. The summed E-state index contributed by atoms with van der Waals surface area (Å²) in [7, 11) is 0. The normalized spacial score (nSPS) is 24.9. The molecule has 0 amide bonds. The SMILES string of the molecule is CCN1CC(O)CCC1C(=O)OC(=O)OC(C)(C)C. The molecule has 1 N–H and O–H groups in total. The number of ether oxygens (including phenoxy) is 2. The molecule has 0 aromatic carbocycles. The summed E-state index contributed by atoms with van der Waals surface area (Å²) in [6, 6.07) is -0.485. The molecule has 1 rings (SSSR count). The molecule has 1 aliphatic heterocycles. The van der Waals surface area contributed by atoms with Crippen molar-refractivity contribution in [2.45, 2.75) is 58.3 Å². The average Bonchev–Trinajstić information content (AvgIpc) is 2.25. The van der Waals surface area contributed by atoms with E-state index in [1.165, 1.54) is 0 Å². The van der Waals surface area contributed by atoms with Gasteiger partial charge in [-0.2, -0.15) is 0 Å². The lowest BCUT2D eigenvalue weighted by atomic mass is 10.0. The van der Waals surface area contributed by atoms with Gasteiger partial charge in [-0.3, -0.25) is 4.90 Å². The van der Waals surface area contributed by atoms with Gasteiger partial charge in [0.25, 0.3) is 0 Å². The van der Waals surface area contributed by atoms with Crippen molar-refractivity contribution >= 4 is 12.1 Å². The molecule has 1 fully saturated rings. The van der Waals surface area contributed by atoms with Crippen molar-refractivity contribution < 1.29 is 24.2 Å². The Morgan fingerprint density at radius 3 is 2.47 bits per heavy atom. The highest BCUT2D eigenvalue weighted by Gasteiger charge is 2.34. The molecule has 1 aliphatic rings. The first-order chi connectivity index (χ1) is 8.73. The van der Waals surface area contributed by atoms with Crippen LogP contribution in [0.4, 0.5) is 4.79 Å². The van der Waals surface area contributed by atoms with Crippen LogP contribution in [0, 0.1) is 0 Å². The maximum atomic E-state index is 11.9. The van der Waals surface area contributed by atoms with Gasteiger partial charge in [0.15, 0.2) is 0 Å². The largest absolute Gasteiger partial charge is 0.516 e. The van der Waals surface area contributed by atoms with Gasteiger partial charge in [0.1, 0.15) is 11.6 Å². The lowest BCUT2D eigenvalue weighted by molar-refractivity contribution is -0.150. The first-order valence-corrected chi connectivity index (χ1v) is 6.59. The highest BCUT2D eigenvalue weighted by molar-refractivity contribution is 5.85. The van der Waals surface area contributed by atoms with Crippen molar-refractivity contribution in [3.8, 4) is 0 Å². The number of esters is 1. The fourth-order valence-electron chi connectivity index (χ4n) is 2.06. The summed E-state index contributed by atoms with van der Waals surface area (Å²) in [6.07, 6.45) is -0.383. The molecule has 0 aromatic heterocycles. The lowest BCUT2D eigenvalue weighted by Gasteiger charge is -2.35. The standard InChI is InChI=1S/C13H23NO5/c1-5-14-8-9(15)6-7-10(14)11(16)18-12(17)19-13(2,3)4/h9-10,15H,5-8H2,1-4H3. The minimum Gasteiger partial charge on any atom is -0.428 e. The molecular weight excluding hydrogens is 250 g/mol. The number of nitrogens with zero attached hydrogens (tertiary/aromatic N) is 1. The molecule has 2 unspecified atom stereocenters. The highest BCUT2D eigenvalue weighted by atomic mass is 16.7. The number of piperidine rings is 1. The molecule has 6 heteroatoms. The zero-order valence-electron chi connectivity index (χ0n) is 12.0. The molecule has 19 heavy (non-hydrogen) atoms. The van der Waals surface area contributed by atoms with Crippen molar-refractivity contribution in [3.05, 3.63) is 0 Å². The van der Waals surface area contributed by atoms with Gasteiger partial charge in [0, 0.05) is 6.54 Å². The smallest absolute Gasteiger partial charge is 0.428 e. The Morgan fingerprint density at radius 1 is 1.32 bits per heavy atom. The third-order valence-corrected chi connectivity index (χ3v) is 2.91. The van der Waals surface area contributed by atoms with Crippen LogP contribution < -0.4 is 0 Å². The Kier molecular flexibility index (Phi) is 5.31. The van der Waals surface area contributed by atoms with Crippen LogP contribution in [0.5, 0.6) is 0 Å². The number of hydrogen-bond acceptors (Lipinski definition) is 6. The molecule has 0 saturated carbocycles. The molecule has 2 atom stereocenters. The van der Waals surface area contributed by atoms with Crippen LogP contribution in [0.15, 0.2) is 0 Å². The molecule has 110 valence electrons. The van der Waals surface area contributed by atoms with Gasteiger partial charge in [0.05, 0.1) is 6.10 Å². The molecule has 1 heterocycles. The third kappa shape index (κ3) is 5.16. The molecule has 0 bridgehead atoms. The van der Waals surface area contributed by atoms with E-state index in [0.29, 0.717) is 25.9 Å². The van der Waals surface area contributed by atoms with E-state index in [0.717, 1.165) is 0 Å². The van der Waals surface area contributed by atoms with Gasteiger partial charge in [-0.15, -0.1) is 0 Å². The van der Waals surface area contributed by atoms with E-state index in [-0.39, 0.29) is 0 Å². The Labute approximate surface area is 113 Å². The van der Waals surface area contributed by atoms with Crippen LogP contribution in [-0.4, -0.2) is 53.0 Å². The van der Waals surface area contributed by atoms with E-state index in [2.05, 4.69) is 0 Å². The van der Waals surface area contributed by atoms with Gasteiger partial charge in [-0.1, -0.05) is 6.92 Å². The summed E-state index contributed by atoms with van der Waals surface area (Å²) in [5, 5.41) is 9.56. The molecule has 1 saturated heterocycles. The lowest BCUT2D eigenvalue weighted by Crippen LogP contribution is -2.50. The summed E-state index contributed by atoms with van der Waals surface area (Å²) >= 11 is 0. The highest BCUT2D eigenvalue weighted by Crippen LogP contribution is 2.19. The molecule has 0 spiro atoms. The van der Waals surface area contributed by atoms with Gasteiger partial charge in [-0.05, 0) is 40.2 Å². The third-order valence-electron chi connectivity index (χ3n) is 2.91. The zero-order valence-corrected chi connectivity index (χ0v) is 12.0. The minimum absolute atomic E-state index is 0.421. The minimum atomic E-state index is -0.973. The zero-order chi connectivity index (χ0) is 14.6. The van der Waals surface area contributed by atoms with E-state index >= 15 is 0 Å². The van der Waals surface area contributed by atoms with E-state index in [1.807, 2.05) is 6.92 Å². The fourth-order valence-corrected chi connectivity index (χ4v) is 2.06. The predicted octanol–water partition coefficient (Wildman–Crippen LogP) is 1.31. The van der Waals surface area contributed by atoms with Gasteiger partial charge >= 0.3 is 12.1 Å². The number of hydrogen-bond donors (Lipinski definition) is 1. The van der Waals surface area contributed by atoms with Crippen molar-refractivity contribution in [1.82, 2.24) is 4.90 Å². The number of β-amino-alcohol motifs (C(OH)–C–C–N with tert-alkyl or cyclic N) is 1. The van der Waals surface area contributed by atoms with Crippen LogP contribution in [-0.2, 0) is 14.3 Å². The van der Waals surface area contributed by atoms with Crippen molar-refractivity contribution in [1.29, 1.82) is 0 Å². The van der Waals surface area contributed by atoms with E-state index in [4.69, 9.17) is 9.47 Å². The van der Waals surface area contributed by atoms with Crippen molar-refractivity contribution in [3.63, 3.8) is 0 Å². The van der Waals surface area contributed by atoms with E-state index < -0.39 is 29.9 Å². The quantitative estimate of drug-likeness (QED) is 0.604. The van der Waals surface area contributed by atoms with Gasteiger partial charge < -0.3 is 14.6 Å².